The van der Waals surface area contributed by atoms with Crippen molar-refractivity contribution in [3.63, 3.8) is 0 Å². The highest BCUT2D eigenvalue weighted by atomic mass is 32.2. The zero-order valence-electron chi connectivity index (χ0n) is 12.7. The average molecular weight is 359 g/mol. The number of hydrogen-bond acceptors (Lipinski definition) is 4. The monoisotopic (exact) mass is 359 g/mol. The second-order valence-corrected chi connectivity index (χ2v) is 6.21. The van der Waals surface area contributed by atoms with Crippen LogP contribution in [-0.4, -0.2) is 28.4 Å². The van der Waals surface area contributed by atoms with E-state index in [1.54, 1.807) is 6.07 Å². The Balaban J connectivity index is 1.79. The summed E-state index contributed by atoms with van der Waals surface area (Å²) >= 11 is 0.645. The molecule has 0 N–H and O–H groups in total. The van der Waals surface area contributed by atoms with Crippen molar-refractivity contribution in [2.75, 3.05) is 6.54 Å². The van der Waals surface area contributed by atoms with Gasteiger partial charge < -0.3 is 0 Å². The molecule has 0 aromatic heterocycles. The van der Waals surface area contributed by atoms with E-state index in [9.17, 15) is 23.2 Å². The molecular weight excluding hydrogens is 348 g/mol. The topological polar surface area (TPSA) is 54.5 Å². The highest BCUT2D eigenvalue weighted by molar-refractivity contribution is 8.18. The predicted octanol–water partition coefficient (Wildman–Crippen LogP) is 3.88. The quantitative estimate of drug-likeness (QED) is 0.614. The molecule has 25 heavy (non-hydrogen) atoms. The highest BCUT2D eigenvalue weighted by Gasteiger charge is 2.36. The molecule has 3 rings (SSSR count). The minimum Gasteiger partial charge on any atom is -0.292 e. The van der Waals surface area contributed by atoms with Gasteiger partial charge in [0.05, 0.1) is 11.4 Å². The van der Waals surface area contributed by atoms with Gasteiger partial charge in [0.15, 0.2) is 5.78 Å². The molecule has 4 nitrogen and oxygen atoms in total. The molecule has 0 aliphatic carbocycles. The van der Waals surface area contributed by atoms with Crippen LogP contribution in [0.3, 0.4) is 0 Å². The van der Waals surface area contributed by atoms with Crippen LogP contribution in [0.15, 0.2) is 53.4 Å². The van der Waals surface area contributed by atoms with Crippen molar-refractivity contribution in [2.45, 2.75) is 0 Å². The summed E-state index contributed by atoms with van der Waals surface area (Å²) in [4.78, 5) is 37.3. The fraction of sp³-hybridized carbons (Fsp3) is 0.0556. The average Bonchev–Trinajstić information content (AvgIpc) is 2.85. The summed E-state index contributed by atoms with van der Waals surface area (Å²) in [6, 6.07) is 10.7. The molecular formula is C18H11F2NO3S. The molecule has 126 valence electrons. The lowest BCUT2D eigenvalue weighted by Gasteiger charge is -2.11. The van der Waals surface area contributed by atoms with Gasteiger partial charge in [0, 0.05) is 11.1 Å². The van der Waals surface area contributed by atoms with Crippen molar-refractivity contribution in [2.24, 2.45) is 0 Å². The lowest BCUT2D eigenvalue weighted by atomic mass is 10.1. The van der Waals surface area contributed by atoms with Crippen LogP contribution in [0.2, 0.25) is 0 Å². The molecule has 2 aromatic rings. The second-order valence-electron chi connectivity index (χ2n) is 5.22. The molecule has 0 bridgehead atoms. The predicted molar refractivity (Wildman–Crippen MR) is 89.8 cm³/mol. The number of carbonyl (C=O) groups excluding carboxylic acids is 3. The highest BCUT2D eigenvalue weighted by Crippen LogP contribution is 2.32. The third kappa shape index (κ3) is 3.66. The van der Waals surface area contributed by atoms with Gasteiger partial charge in [0.2, 0.25) is 0 Å². The van der Waals surface area contributed by atoms with E-state index in [2.05, 4.69) is 0 Å². The largest absolute Gasteiger partial charge is 0.293 e. The van der Waals surface area contributed by atoms with Crippen LogP contribution in [0.5, 0.6) is 0 Å². The summed E-state index contributed by atoms with van der Waals surface area (Å²) < 4.78 is 26.6. The van der Waals surface area contributed by atoms with Crippen molar-refractivity contribution in [3.8, 4) is 0 Å². The molecule has 2 aromatic carbocycles. The van der Waals surface area contributed by atoms with Gasteiger partial charge in [0.1, 0.15) is 11.6 Å². The third-order valence-electron chi connectivity index (χ3n) is 3.53. The van der Waals surface area contributed by atoms with Crippen LogP contribution in [-0.2, 0) is 4.79 Å². The summed E-state index contributed by atoms with van der Waals surface area (Å²) in [5, 5.41) is -0.608. The number of imide groups is 1. The van der Waals surface area contributed by atoms with E-state index in [1.165, 1.54) is 36.4 Å². The number of Topliss-reactive ketones (excluding diaryl/α,β-unsaturated/α-hetero) is 1. The van der Waals surface area contributed by atoms with E-state index in [4.69, 9.17) is 0 Å². The summed E-state index contributed by atoms with van der Waals surface area (Å²) in [7, 11) is 0. The fourth-order valence-corrected chi connectivity index (χ4v) is 3.07. The Bertz CT molecular complexity index is 893. The lowest BCUT2D eigenvalue weighted by molar-refractivity contribution is -0.122. The zero-order valence-corrected chi connectivity index (χ0v) is 13.6. The number of carbonyl (C=O) groups is 3. The van der Waals surface area contributed by atoms with Crippen LogP contribution in [0.25, 0.3) is 6.08 Å². The zero-order chi connectivity index (χ0) is 18.0. The van der Waals surface area contributed by atoms with Gasteiger partial charge in [-0.2, -0.15) is 0 Å². The molecule has 1 fully saturated rings. The van der Waals surface area contributed by atoms with Crippen LogP contribution in [0.1, 0.15) is 15.9 Å². The normalized spacial score (nSPS) is 15.9. The Kier molecular flexibility index (Phi) is 4.76. The molecule has 0 radical (unpaired) electrons. The van der Waals surface area contributed by atoms with E-state index < -0.39 is 35.1 Å². The number of halogens is 2. The first-order valence-corrected chi connectivity index (χ1v) is 8.06. The SMILES string of the molecule is O=C(CN1C(=O)S/C(=C/c2ccccc2F)C1=O)c1ccc(F)cc1. The molecule has 0 spiro atoms. The van der Waals surface area contributed by atoms with Gasteiger partial charge in [-0.05, 0) is 48.2 Å². The smallest absolute Gasteiger partial charge is 0.292 e. The lowest BCUT2D eigenvalue weighted by Crippen LogP contribution is -2.33. The maximum Gasteiger partial charge on any atom is 0.293 e. The van der Waals surface area contributed by atoms with Crippen molar-refractivity contribution >= 4 is 34.8 Å². The number of ketones is 1. The number of rotatable bonds is 4. The van der Waals surface area contributed by atoms with Crippen molar-refractivity contribution in [3.05, 3.63) is 76.2 Å². The summed E-state index contributed by atoms with van der Waals surface area (Å²) in [5.74, 6) is -2.16. The minimum atomic E-state index is -0.659. The van der Waals surface area contributed by atoms with Crippen molar-refractivity contribution in [1.29, 1.82) is 0 Å². The van der Waals surface area contributed by atoms with Gasteiger partial charge in [0.25, 0.3) is 11.1 Å². The Morgan fingerprint density at radius 3 is 2.40 bits per heavy atom. The first kappa shape index (κ1) is 17.0. The minimum absolute atomic E-state index is 0.0435. The first-order chi connectivity index (χ1) is 12.0. The van der Waals surface area contributed by atoms with E-state index >= 15 is 0 Å². The number of hydrogen-bond donors (Lipinski definition) is 0. The molecule has 1 saturated heterocycles. The molecule has 1 heterocycles. The van der Waals surface area contributed by atoms with E-state index in [-0.39, 0.29) is 16.0 Å². The first-order valence-electron chi connectivity index (χ1n) is 7.24. The van der Waals surface area contributed by atoms with Crippen LogP contribution in [0.4, 0.5) is 13.6 Å². The second kappa shape index (κ2) is 6.98. The Labute approximate surface area is 146 Å². The summed E-state index contributed by atoms with van der Waals surface area (Å²) in [6.07, 6.45) is 1.28. The van der Waals surface area contributed by atoms with Crippen molar-refractivity contribution in [1.82, 2.24) is 4.90 Å². The van der Waals surface area contributed by atoms with Gasteiger partial charge >= 0.3 is 0 Å². The molecule has 0 unspecified atom stereocenters. The van der Waals surface area contributed by atoms with Gasteiger partial charge in [-0.15, -0.1) is 0 Å². The van der Waals surface area contributed by atoms with Crippen molar-refractivity contribution < 1.29 is 23.2 Å². The van der Waals surface area contributed by atoms with Crippen LogP contribution in [0, 0.1) is 11.6 Å². The van der Waals surface area contributed by atoms with Crippen LogP contribution < -0.4 is 0 Å². The fourth-order valence-electron chi connectivity index (χ4n) is 2.24. The molecule has 0 saturated carbocycles. The van der Waals surface area contributed by atoms with E-state index in [0.717, 1.165) is 17.0 Å². The molecule has 7 heteroatoms. The summed E-state index contributed by atoms with van der Waals surface area (Å²) in [6.45, 7) is -0.453. The van der Waals surface area contributed by atoms with Gasteiger partial charge in [-0.25, -0.2) is 8.78 Å². The third-order valence-corrected chi connectivity index (χ3v) is 4.44. The van der Waals surface area contributed by atoms with E-state index in [0.29, 0.717) is 11.8 Å². The Morgan fingerprint density at radius 1 is 1.04 bits per heavy atom. The molecule has 2 amide bonds. The number of amides is 2. The number of nitrogens with zero attached hydrogens (tertiary/aromatic N) is 1. The van der Waals surface area contributed by atoms with Crippen LogP contribution >= 0.6 is 11.8 Å². The van der Waals surface area contributed by atoms with Gasteiger partial charge in [-0.1, -0.05) is 18.2 Å². The van der Waals surface area contributed by atoms with E-state index in [1.807, 2.05) is 0 Å². The standard InChI is InChI=1S/C18H11F2NO3S/c19-13-7-5-11(6-8-13)15(22)10-21-17(23)16(25-18(21)24)9-12-3-1-2-4-14(12)20/h1-9H,10H2/b16-9+. The Hall–Kier alpha value is -2.80. The molecule has 1 aliphatic heterocycles. The maximum absolute atomic E-state index is 13.7. The molecule has 0 atom stereocenters. The number of benzene rings is 2. The maximum atomic E-state index is 13.7. The number of thioether (sulfide) groups is 1. The molecule has 1 aliphatic rings. The Morgan fingerprint density at radius 2 is 1.72 bits per heavy atom. The van der Waals surface area contributed by atoms with Gasteiger partial charge in [-0.3, -0.25) is 19.3 Å². The summed E-state index contributed by atoms with van der Waals surface area (Å²) in [5.41, 5.74) is 0.372.